The molecule has 10 aromatic rings. The maximum atomic E-state index is 12.4. The SMILES string of the molecule is CC(=O)N1CC2CCC1CN2c1ccc(-n2nc(-c3cccc4nn(C)cc34)c3cc(Cn4cc5c(-c6nn(-c7ccc(N8CC9CC8CN9C(C)=O)nc7)c7c(C)cccc67)cccc5n4)cc(C)c32)cn1. The average molecular weight is 967 g/mol. The predicted octanol–water partition coefficient (Wildman–Crippen LogP) is 8.40. The van der Waals surface area contributed by atoms with Crippen molar-refractivity contribution in [3.05, 3.63) is 132 Å². The largest absolute Gasteiger partial charge is 0.350 e. The number of fused-ring (bicyclic) bond motifs is 9. The van der Waals surface area contributed by atoms with Crippen LogP contribution in [0.15, 0.2) is 116 Å². The zero-order chi connectivity index (χ0) is 49.4. The molecule has 5 aliphatic heterocycles. The first-order valence-corrected chi connectivity index (χ1v) is 25.4. The number of hydrogen-bond acceptors (Lipinski definition) is 10. The summed E-state index contributed by atoms with van der Waals surface area (Å²) < 4.78 is 7.97. The molecule has 0 aliphatic carbocycles. The number of piperazine rings is 2. The van der Waals surface area contributed by atoms with E-state index in [9.17, 15) is 9.59 Å². The third kappa shape index (κ3) is 6.93. The number of pyridine rings is 2. The highest BCUT2D eigenvalue weighted by atomic mass is 16.2. The molecule has 4 bridgehead atoms. The van der Waals surface area contributed by atoms with Crippen LogP contribution in [0.1, 0.15) is 49.8 Å². The number of carbonyl (C=O) groups is 2. The fourth-order valence-corrected chi connectivity index (χ4v) is 12.8. The summed E-state index contributed by atoms with van der Waals surface area (Å²) in [6, 6.07) is 32.9. The first-order valence-electron chi connectivity index (χ1n) is 25.4. The highest BCUT2D eigenvalue weighted by Crippen LogP contribution is 2.40. The Labute approximate surface area is 421 Å². The Morgan fingerprint density at radius 3 is 1.78 bits per heavy atom. The van der Waals surface area contributed by atoms with E-state index in [1.807, 2.05) is 54.0 Å². The Morgan fingerprint density at radius 1 is 0.562 bits per heavy atom. The van der Waals surface area contributed by atoms with Crippen LogP contribution in [0.5, 0.6) is 0 Å². The van der Waals surface area contributed by atoms with Crippen molar-refractivity contribution in [3.63, 3.8) is 0 Å². The Bertz CT molecular complexity index is 3880. The van der Waals surface area contributed by atoms with E-state index in [1.54, 1.807) is 13.8 Å². The molecule has 0 N–H and O–H groups in total. The van der Waals surface area contributed by atoms with E-state index in [0.29, 0.717) is 12.6 Å². The highest BCUT2D eigenvalue weighted by Gasteiger charge is 2.45. The van der Waals surface area contributed by atoms with Crippen LogP contribution in [0.3, 0.4) is 0 Å². The van der Waals surface area contributed by atoms with Crippen LogP contribution < -0.4 is 9.80 Å². The van der Waals surface area contributed by atoms with Crippen LogP contribution in [-0.4, -0.2) is 121 Å². The minimum absolute atomic E-state index is 0.152. The van der Waals surface area contributed by atoms with Crippen LogP contribution >= 0.6 is 0 Å². The molecular formula is C57H54N14O2. The molecule has 2 amide bonds. The summed E-state index contributed by atoms with van der Waals surface area (Å²) >= 11 is 0. The van der Waals surface area contributed by atoms with Gasteiger partial charge in [0.1, 0.15) is 23.0 Å². The fourth-order valence-electron chi connectivity index (χ4n) is 12.8. The number of anilines is 2. The Kier molecular flexibility index (Phi) is 9.70. The summed E-state index contributed by atoms with van der Waals surface area (Å²) in [4.78, 5) is 43.3. The van der Waals surface area contributed by atoms with E-state index in [1.165, 1.54) is 0 Å². The minimum atomic E-state index is 0.152. The van der Waals surface area contributed by atoms with E-state index in [4.69, 9.17) is 30.4 Å². The average Bonchev–Trinajstić information content (AvgIpc) is 4.28. The number of carbonyl (C=O) groups excluding carboxylic acids is 2. The van der Waals surface area contributed by atoms with Gasteiger partial charge in [-0.05, 0) is 92.3 Å². The number of rotatable bonds is 8. The third-order valence-corrected chi connectivity index (χ3v) is 16.2. The first kappa shape index (κ1) is 43.4. The van der Waals surface area contributed by atoms with Gasteiger partial charge in [-0.1, -0.05) is 48.5 Å². The van der Waals surface area contributed by atoms with Gasteiger partial charge in [0.25, 0.3) is 0 Å². The van der Waals surface area contributed by atoms with Gasteiger partial charge in [-0.25, -0.2) is 19.3 Å². The zero-order valence-corrected chi connectivity index (χ0v) is 41.5. The van der Waals surface area contributed by atoms with Crippen molar-refractivity contribution in [2.45, 2.75) is 77.7 Å². The second-order valence-corrected chi connectivity index (χ2v) is 20.7. The summed E-state index contributed by atoms with van der Waals surface area (Å²) in [5.41, 5.74) is 12.7. The molecule has 0 spiro atoms. The first-order chi connectivity index (χ1) is 35.5. The summed E-state index contributed by atoms with van der Waals surface area (Å²) in [5.74, 6) is 2.17. The van der Waals surface area contributed by atoms with Crippen molar-refractivity contribution < 1.29 is 9.59 Å². The van der Waals surface area contributed by atoms with Crippen molar-refractivity contribution in [3.8, 4) is 33.9 Å². The predicted molar refractivity (Wildman–Crippen MR) is 283 cm³/mol. The Morgan fingerprint density at radius 2 is 1.15 bits per heavy atom. The second kappa shape index (κ2) is 16.3. The molecule has 6 aromatic heterocycles. The Hall–Kier alpha value is -8.40. The number of likely N-dealkylation sites (tertiary alicyclic amines) is 1. The molecule has 15 rings (SSSR count). The van der Waals surface area contributed by atoms with Gasteiger partial charge in [-0.3, -0.25) is 19.0 Å². The van der Waals surface area contributed by atoms with Gasteiger partial charge in [0.15, 0.2) is 0 Å². The van der Waals surface area contributed by atoms with E-state index in [0.717, 1.165) is 151 Å². The van der Waals surface area contributed by atoms with Crippen LogP contribution in [0.2, 0.25) is 0 Å². The van der Waals surface area contributed by atoms with Gasteiger partial charge in [0, 0.05) is 104 Å². The van der Waals surface area contributed by atoms with Gasteiger partial charge in [0.05, 0.1) is 64.5 Å². The molecule has 5 aliphatic rings. The molecule has 4 aromatic carbocycles. The summed E-state index contributed by atoms with van der Waals surface area (Å²) in [6.07, 6.45) is 11.2. The lowest BCUT2D eigenvalue weighted by atomic mass is 9.90. The third-order valence-electron chi connectivity index (χ3n) is 16.2. The number of amides is 2. The van der Waals surface area contributed by atoms with Crippen LogP contribution in [-0.2, 0) is 23.2 Å². The molecule has 364 valence electrons. The standard InChI is InChI=1S/C57H54N14O2/c1-33-9-6-12-46-54(62-70(56(33)46)38-18-20-53(59-24-38)69-30-42-23-43(69)29-67(42)36(4)73)45-11-8-14-51-49(45)32-65(61-51)26-37-21-34(2)57-47(22-37)55(44-10-7-13-50-48(44)31-64(5)60-50)63-71(57)39-17-19-52(58-25-39)68-28-40-15-16-41(68)27-66(40)35(3)72/h6-14,17-22,24-25,31-32,40-43H,15-16,23,26-30H2,1-5H3. The normalized spacial score (nSPS) is 19.5. The van der Waals surface area contributed by atoms with Crippen molar-refractivity contribution >= 4 is 67.1 Å². The van der Waals surface area contributed by atoms with E-state index in [2.05, 4.69) is 121 Å². The molecule has 0 saturated carbocycles. The maximum absolute atomic E-state index is 12.4. The fraction of sp³-hybridized carbons (Fsp3) is 0.298. The van der Waals surface area contributed by atoms with Crippen molar-refractivity contribution in [2.24, 2.45) is 7.05 Å². The van der Waals surface area contributed by atoms with Gasteiger partial charge in [0.2, 0.25) is 11.8 Å². The summed E-state index contributed by atoms with van der Waals surface area (Å²) in [5, 5.41) is 24.8. The van der Waals surface area contributed by atoms with Crippen molar-refractivity contribution in [2.75, 3.05) is 36.0 Å². The van der Waals surface area contributed by atoms with Gasteiger partial charge in [-0.2, -0.15) is 20.4 Å². The number of hydrogen-bond donors (Lipinski definition) is 0. The number of benzene rings is 4. The molecule has 5 saturated heterocycles. The van der Waals surface area contributed by atoms with E-state index in [-0.39, 0.29) is 29.9 Å². The summed E-state index contributed by atoms with van der Waals surface area (Å²) in [6.45, 7) is 11.3. The number of aryl methyl sites for hydroxylation is 3. The van der Waals surface area contributed by atoms with Gasteiger partial charge in [-0.15, -0.1) is 0 Å². The van der Waals surface area contributed by atoms with E-state index >= 15 is 0 Å². The number of nitrogens with zero attached hydrogens (tertiary/aromatic N) is 14. The molecule has 5 fully saturated rings. The quantitative estimate of drug-likeness (QED) is 0.146. The van der Waals surface area contributed by atoms with Gasteiger partial charge < -0.3 is 19.6 Å². The molecular weight excluding hydrogens is 913 g/mol. The second-order valence-electron chi connectivity index (χ2n) is 20.7. The lowest BCUT2D eigenvalue weighted by Gasteiger charge is -2.51. The number of aromatic nitrogens is 10. The lowest BCUT2D eigenvalue weighted by molar-refractivity contribution is -0.134. The molecule has 73 heavy (non-hydrogen) atoms. The van der Waals surface area contributed by atoms with Crippen LogP contribution in [0.25, 0.3) is 77.5 Å². The molecule has 11 heterocycles. The maximum Gasteiger partial charge on any atom is 0.219 e. The van der Waals surface area contributed by atoms with E-state index < -0.39 is 0 Å². The number of para-hydroxylation sites is 1. The van der Waals surface area contributed by atoms with Crippen LogP contribution in [0.4, 0.5) is 11.6 Å². The lowest BCUT2D eigenvalue weighted by Crippen LogP contribution is -2.64. The van der Waals surface area contributed by atoms with Crippen molar-refractivity contribution in [1.82, 2.24) is 58.9 Å². The zero-order valence-electron chi connectivity index (χ0n) is 41.5. The molecule has 4 unspecified atom stereocenters. The van der Waals surface area contributed by atoms with Crippen LogP contribution in [0, 0.1) is 13.8 Å². The molecule has 16 nitrogen and oxygen atoms in total. The Balaban J connectivity index is 0.808. The summed E-state index contributed by atoms with van der Waals surface area (Å²) in [7, 11) is 1.95. The smallest absolute Gasteiger partial charge is 0.219 e. The monoisotopic (exact) mass is 966 g/mol. The molecule has 16 heteroatoms. The highest BCUT2D eigenvalue weighted by molar-refractivity contribution is 6.05. The van der Waals surface area contributed by atoms with Gasteiger partial charge >= 0.3 is 0 Å². The molecule has 4 atom stereocenters. The number of piperidine rings is 2. The topological polar surface area (TPSA) is 144 Å². The minimum Gasteiger partial charge on any atom is -0.350 e. The van der Waals surface area contributed by atoms with Crippen molar-refractivity contribution in [1.29, 1.82) is 0 Å². The molecule has 0 radical (unpaired) electrons.